The number of amides is 1. The second kappa shape index (κ2) is 7.70. The van der Waals surface area contributed by atoms with Crippen molar-refractivity contribution in [2.75, 3.05) is 24.8 Å². The highest BCUT2D eigenvalue weighted by molar-refractivity contribution is 6.33. The lowest BCUT2D eigenvalue weighted by molar-refractivity contribution is -0.119. The van der Waals surface area contributed by atoms with Crippen molar-refractivity contribution in [3.05, 3.63) is 52.5 Å². The number of carbonyl (C=O) groups is 2. The van der Waals surface area contributed by atoms with E-state index in [1.165, 1.54) is 19.2 Å². The Balaban J connectivity index is 2.02. The summed E-state index contributed by atoms with van der Waals surface area (Å²) in [5, 5.41) is 2.87. The molecule has 126 valence electrons. The predicted molar refractivity (Wildman–Crippen MR) is 92.5 cm³/mol. The minimum Gasteiger partial charge on any atom is -0.496 e. The van der Waals surface area contributed by atoms with Gasteiger partial charge in [0.15, 0.2) is 6.61 Å². The van der Waals surface area contributed by atoms with Gasteiger partial charge in [-0.05, 0) is 24.6 Å². The number of nitrogens with one attached hydrogen (secondary N) is 1. The summed E-state index contributed by atoms with van der Waals surface area (Å²) in [6.45, 7) is 1.43. The van der Waals surface area contributed by atoms with Crippen LogP contribution in [0.4, 0.5) is 11.4 Å². The fraction of sp³-hybridized carbons (Fsp3) is 0.176. The zero-order valence-electron chi connectivity index (χ0n) is 13.3. The van der Waals surface area contributed by atoms with Gasteiger partial charge in [0.1, 0.15) is 11.3 Å². The molecule has 1 amide bonds. The van der Waals surface area contributed by atoms with Gasteiger partial charge < -0.3 is 20.5 Å². The molecule has 0 heterocycles. The van der Waals surface area contributed by atoms with Crippen LogP contribution in [-0.4, -0.2) is 25.6 Å². The van der Waals surface area contributed by atoms with E-state index in [2.05, 4.69) is 5.32 Å². The number of aryl methyl sites for hydroxylation is 1. The average Bonchev–Trinajstić information content (AvgIpc) is 2.56. The highest BCUT2D eigenvalue weighted by atomic mass is 35.5. The molecule has 0 aliphatic heterocycles. The van der Waals surface area contributed by atoms with E-state index in [0.717, 1.165) is 5.56 Å². The number of esters is 1. The first-order valence-corrected chi connectivity index (χ1v) is 7.45. The van der Waals surface area contributed by atoms with E-state index >= 15 is 0 Å². The van der Waals surface area contributed by atoms with Crippen LogP contribution in [0.1, 0.15) is 15.9 Å². The van der Waals surface area contributed by atoms with Crippen LogP contribution in [0.25, 0.3) is 0 Å². The SMILES string of the molecule is COc1cc(N)c(Cl)cc1C(=O)OCC(=O)Nc1ccccc1C. The minimum absolute atomic E-state index is 0.0976. The maximum Gasteiger partial charge on any atom is 0.342 e. The molecule has 0 saturated heterocycles. The lowest BCUT2D eigenvalue weighted by atomic mass is 10.2. The van der Waals surface area contributed by atoms with Crippen molar-refractivity contribution >= 4 is 34.9 Å². The van der Waals surface area contributed by atoms with Crippen molar-refractivity contribution in [1.82, 2.24) is 0 Å². The summed E-state index contributed by atoms with van der Waals surface area (Å²) in [5.74, 6) is -0.951. The third-order valence-corrected chi connectivity index (χ3v) is 3.62. The number of ether oxygens (including phenoxy) is 2. The van der Waals surface area contributed by atoms with Crippen LogP contribution in [0.5, 0.6) is 5.75 Å². The highest BCUT2D eigenvalue weighted by Crippen LogP contribution is 2.29. The molecule has 0 aromatic heterocycles. The predicted octanol–water partition coefficient (Wildman–Crippen LogP) is 3.03. The number of anilines is 2. The molecule has 2 aromatic rings. The standard InChI is InChI=1S/C17H17ClN2O4/c1-10-5-3-4-6-14(10)20-16(21)9-24-17(22)11-7-12(18)13(19)8-15(11)23-2/h3-8H,9,19H2,1-2H3,(H,20,21). The van der Waals surface area contributed by atoms with E-state index in [9.17, 15) is 9.59 Å². The van der Waals surface area contributed by atoms with E-state index in [-0.39, 0.29) is 22.0 Å². The number of nitrogens with two attached hydrogens (primary N) is 1. The third-order valence-electron chi connectivity index (χ3n) is 3.29. The van der Waals surface area contributed by atoms with Gasteiger partial charge in [0, 0.05) is 11.8 Å². The summed E-state index contributed by atoms with van der Waals surface area (Å²) in [4.78, 5) is 24.0. The van der Waals surface area contributed by atoms with E-state index < -0.39 is 18.5 Å². The largest absolute Gasteiger partial charge is 0.496 e. The van der Waals surface area contributed by atoms with Gasteiger partial charge in [-0.25, -0.2) is 4.79 Å². The van der Waals surface area contributed by atoms with Crippen molar-refractivity contribution in [3.63, 3.8) is 0 Å². The third kappa shape index (κ3) is 4.17. The van der Waals surface area contributed by atoms with Crippen molar-refractivity contribution in [2.45, 2.75) is 6.92 Å². The zero-order chi connectivity index (χ0) is 17.7. The number of halogens is 1. The van der Waals surface area contributed by atoms with Gasteiger partial charge in [0.25, 0.3) is 5.91 Å². The molecule has 3 N–H and O–H groups in total. The quantitative estimate of drug-likeness (QED) is 0.640. The molecule has 0 fully saturated rings. The van der Waals surface area contributed by atoms with Crippen LogP contribution in [0.3, 0.4) is 0 Å². The van der Waals surface area contributed by atoms with Gasteiger partial charge in [-0.3, -0.25) is 4.79 Å². The molecular formula is C17H17ClN2O4. The molecular weight excluding hydrogens is 332 g/mol. The summed E-state index contributed by atoms with van der Waals surface area (Å²) < 4.78 is 10.1. The van der Waals surface area contributed by atoms with Crippen LogP contribution in [-0.2, 0) is 9.53 Å². The fourth-order valence-corrected chi connectivity index (χ4v) is 2.17. The number of hydrogen-bond donors (Lipinski definition) is 2. The number of methoxy groups -OCH3 is 1. The number of para-hydroxylation sites is 1. The minimum atomic E-state index is -0.728. The second-order valence-corrected chi connectivity index (χ2v) is 5.42. The van der Waals surface area contributed by atoms with Crippen LogP contribution >= 0.6 is 11.6 Å². The van der Waals surface area contributed by atoms with E-state index in [1.807, 2.05) is 19.1 Å². The van der Waals surface area contributed by atoms with Gasteiger partial charge >= 0.3 is 5.97 Å². The molecule has 0 saturated carbocycles. The monoisotopic (exact) mass is 348 g/mol. The molecule has 6 nitrogen and oxygen atoms in total. The molecule has 0 radical (unpaired) electrons. The van der Waals surface area contributed by atoms with Crippen molar-refractivity contribution in [3.8, 4) is 5.75 Å². The summed E-state index contributed by atoms with van der Waals surface area (Å²) in [6.07, 6.45) is 0. The Kier molecular flexibility index (Phi) is 5.65. The van der Waals surface area contributed by atoms with E-state index in [4.69, 9.17) is 26.8 Å². The molecule has 2 aromatic carbocycles. The van der Waals surface area contributed by atoms with Crippen LogP contribution in [0, 0.1) is 6.92 Å². The Labute approximate surface area is 144 Å². The Morgan fingerprint density at radius 3 is 2.62 bits per heavy atom. The fourth-order valence-electron chi connectivity index (χ4n) is 2.01. The van der Waals surface area contributed by atoms with Crippen LogP contribution in [0.2, 0.25) is 5.02 Å². The van der Waals surface area contributed by atoms with Crippen molar-refractivity contribution in [1.29, 1.82) is 0 Å². The molecule has 2 rings (SSSR count). The van der Waals surface area contributed by atoms with Gasteiger partial charge in [0.05, 0.1) is 17.8 Å². The van der Waals surface area contributed by atoms with Crippen LogP contribution < -0.4 is 15.8 Å². The topological polar surface area (TPSA) is 90.7 Å². The number of hydrogen-bond acceptors (Lipinski definition) is 5. The van der Waals surface area contributed by atoms with Crippen LogP contribution in [0.15, 0.2) is 36.4 Å². The van der Waals surface area contributed by atoms with Gasteiger partial charge in [0.2, 0.25) is 0 Å². The highest BCUT2D eigenvalue weighted by Gasteiger charge is 2.17. The maximum atomic E-state index is 12.1. The Bertz CT molecular complexity index is 777. The lowest BCUT2D eigenvalue weighted by Gasteiger charge is -2.11. The molecule has 0 bridgehead atoms. The first-order valence-electron chi connectivity index (χ1n) is 7.08. The molecule has 0 aliphatic carbocycles. The average molecular weight is 349 g/mol. The first-order chi connectivity index (χ1) is 11.4. The summed E-state index contributed by atoms with van der Waals surface area (Å²) in [7, 11) is 1.39. The van der Waals surface area contributed by atoms with Gasteiger partial charge in [-0.2, -0.15) is 0 Å². The van der Waals surface area contributed by atoms with Crippen molar-refractivity contribution in [2.24, 2.45) is 0 Å². The van der Waals surface area contributed by atoms with Gasteiger partial charge in [-0.1, -0.05) is 29.8 Å². The first kappa shape index (κ1) is 17.6. The summed E-state index contributed by atoms with van der Waals surface area (Å²) in [5.41, 5.74) is 7.60. The molecule has 0 unspecified atom stereocenters. The molecule has 24 heavy (non-hydrogen) atoms. The maximum absolute atomic E-state index is 12.1. The summed E-state index contributed by atoms with van der Waals surface area (Å²) >= 11 is 5.91. The van der Waals surface area contributed by atoms with Crippen molar-refractivity contribution < 1.29 is 19.1 Å². The lowest BCUT2D eigenvalue weighted by Crippen LogP contribution is -2.21. The number of nitrogen functional groups attached to an aromatic ring is 1. The molecule has 0 atom stereocenters. The Morgan fingerprint density at radius 1 is 1.25 bits per heavy atom. The Morgan fingerprint density at radius 2 is 1.96 bits per heavy atom. The normalized spacial score (nSPS) is 10.1. The number of rotatable bonds is 5. The Hall–Kier alpha value is -2.73. The zero-order valence-corrected chi connectivity index (χ0v) is 14.0. The van der Waals surface area contributed by atoms with E-state index in [0.29, 0.717) is 5.69 Å². The van der Waals surface area contributed by atoms with Gasteiger partial charge in [-0.15, -0.1) is 0 Å². The molecule has 7 heteroatoms. The summed E-state index contributed by atoms with van der Waals surface area (Å²) in [6, 6.07) is 10.1. The number of carbonyl (C=O) groups excluding carboxylic acids is 2. The van der Waals surface area contributed by atoms with E-state index in [1.54, 1.807) is 12.1 Å². The molecule has 0 spiro atoms. The smallest absolute Gasteiger partial charge is 0.342 e. The molecule has 0 aliphatic rings. The second-order valence-electron chi connectivity index (χ2n) is 5.01. The number of benzene rings is 2.